The lowest BCUT2D eigenvalue weighted by atomic mass is 9.97. The topological polar surface area (TPSA) is 40.6 Å². The second kappa shape index (κ2) is 6.88. The van der Waals surface area contributed by atoms with Crippen molar-refractivity contribution in [1.29, 1.82) is 0 Å². The molecule has 2 fully saturated rings. The zero-order valence-corrected chi connectivity index (χ0v) is 14.0. The van der Waals surface area contributed by atoms with Crippen molar-refractivity contribution in [1.82, 2.24) is 9.80 Å². The molecule has 2 rings (SSSR count). The Morgan fingerprint density at radius 3 is 1.42 bits per heavy atom. The third-order valence-electron chi connectivity index (χ3n) is 4.82. The number of halogens is 4. The number of nitrogens with zero attached hydrogens (tertiary/aromatic N) is 2. The molecule has 0 spiro atoms. The summed E-state index contributed by atoms with van der Waals surface area (Å²) in [5.41, 5.74) is 0. The van der Waals surface area contributed by atoms with E-state index in [-0.39, 0.29) is 38.0 Å². The third-order valence-corrected chi connectivity index (χ3v) is 4.82. The van der Waals surface area contributed by atoms with E-state index < -0.39 is 23.7 Å². The molecule has 8 heteroatoms. The van der Waals surface area contributed by atoms with Gasteiger partial charge in [-0.1, -0.05) is 13.8 Å². The molecule has 0 aliphatic carbocycles. The van der Waals surface area contributed by atoms with Gasteiger partial charge in [0.2, 0.25) is 0 Å². The normalized spacial score (nSPS) is 26.4. The zero-order valence-electron chi connectivity index (χ0n) is 14.0. The van der Waals surface area contributed by atoms with Crippen molar-refractivity contribution in [3.63, 3.8) is 0 Å². The number of hydrogen-bond acceptors (Lipinski definition) is 2. The Bertz CT molecular complexity index is 454. The van der Waals surface area contributed by atoms with Crippen molar-refractivity contribution < 1.29 is 27.2 Å². The fourth-order valence-electron chi connectivity index (χ4n) is 3.41. The predicted molar refractivity (Wildman–Crippen MR) is 79.9 cm³/mol. The van der Waals surface area contributed by atoms with Crippen LogP contribution in [-0.2, 0) is 9.59 Å². The van der Waals surface area contributed by atoms with E-state index in [1.807, 2.05) is 0 Å². The number of hydrogen-bond donors (Lipinski definition) is 0. The highest BCUT2D eigenvalue weighted by molar-refractivity contribution is 5.95. The first-order valence-corrected chi connectivity index (χ1v) is 8.41. The molecule has 2 amide bonds. The lowest BCUT2D eigenvalue weighted by molar-refractivity contribution is -0.224. The van der Waals surface area contributed by atoms with Crippen molar-refractivity contribution in [2.45, 2.75) is 51.4 Å². The smallest absolute Gasteiger partial charge is 0.337 e. The first-order valence-electron chi connectivity index (χ1n) is 8.41. The third kappa shape index (κ3) is 3.52. The van der Waals surface area contributed by atoms with Gasteiger partial charge in [-0.15, -0.1) is 0 Å². The van der Waals surface area contributed by atoms with Crippen molar-refractivity contribution in [2.24, 2.45) is 11.8 Å². The lowest BCUT2D eigenvalue weighted by Crippen LogP contribution is -2.62. The number of likely N-dealkylation sites (tertiary alicyclic amines) is 2. The van der Waals surface area contributed by atoms with Crippen LogP contribution in [-0.4, -0.2) is 59.6 Å². The van der Waals surface area contributed by atoms with Gasteiger partial charge in [0.1, 0.15) is 0 Å². The second-order valence-electron chi connectivity index (χ2n) is 7.15. The van der Waals surface area contributed by atoms with Gasteiger partial charge in [0.25, 0.3) is 11.8 Å². The van der Waals surface area contributed by atoms with E-state index in [0.717, 1.165) is 22.6 Å². The maximum absolute atomic E-state index is 14.2. The molecular formula is C16H24F4N2O2. The first-order chi connectivity index (χ1) is 11.1. The fraction of sp³-hybridized carbons (Fsp3) is 0.875. The minimum Gasteiger partial charge on any atom is -0.337 e. The Hall–Kier alpha value is -1.34. The molecule has 2 aliphatic heterocycles. The van der Waals surface area contributed by atoms with E-state index >= 15 is 0 Å². The van der Waals surface area contributed by atoms with Crippen LogP contribution in [0.3, 0.4) is 0 Å². The van der Waals surface area contributed by atoms with E-state index in [1.165, 1.54) is 0 Å². The van der Waals surface area contributed by atoms with Crippen molar-refractivity contribution in [2.75, 3.05) is 26.2 Å². The van der Waals surface area contributed by atoms with Crippen molar-refractivity contribution in [3.8, 4) is 0 Å². The summed E-state index contributed by atoms with van der Waals surface area (Å²) in [6, 6.07) is 0. The van der Waals surface area contributed by atoms with Gasteiger partial charge in [-0.25, -0.2) is 0 Å². The summed E-state index contributed by atoms with van der Waals surface area (Å²) < 4.78 is 56.9. The minimum atomic E-state index is -5.03. The van der Waals surface area contributed by atoms with E-state index in [9.17, 15) is 27.2 Å². The molecule has 0 N–H and O–H groups in total. The van der Waals surface area contributed by atoms with Crippen LogP contribution in [0.25, 0.3) is 0 Å². The van der Waals surface area contributed by atoms with Crippen LogP contribution < -0.4 is 0 Å². The first kappa shape index (κ1) is 19.0. The van der Waals surface area contributed by atoms with Crippen LogP contribution in [0.15, 0.2) is 0 Å². The van der Waals surface area contributed by atoms with Crippen LogP contribution in [0.1, 0.15) is 39.5 Å². The van der Waals surface area contributed by atoms with Crippen LogP contribution in [0.5, 0.6) is 0 Å². The number of carbonyl (C=O) groups is 2. The summed E-state index contributed by atoms with van der Waals surface area (Å²) in [5, 5.41) is 0. The summed E-state index contributed by atoms with van der Waals surface area (Å²) in [4.78, 5) is 25.5. The Morgan fingerprint density at radius 2 is 1.12 bits per heavy atom. The Kier molecular flexibility index (Phi) is 5.44. The van der Waals surface area contributed by atoms with E-state index in [0.29, 0.717) is 12.8 Å². The molecule has 0 saturated carbocycles. The molecule has 0 radical (unpaired) electrons. The SMILES string of the molecule is C[C@H]1CCCN(C(=O)C(F)(F)C(F)(F)C(=O)N2CCC[C@H](C)C2)C1. The Morgan fingerprint density at radius 1 is 0.792 bits per heavy atom. The lowest BCUT2D eigenvalue weighted by Gasteiger charge is -2.37. The van der Waals surface area contributed by atoms with Crippen molar-refractivity contribution >= 4 is 11.8 Å². The monoisotopic (exact) mass is 352 g/mol. The molecule has 0 unspecified atom stereocenters. The predicted octanol–water partition coefficient (Wildman–Crippen LogP) is 2.77. The second-order valence-corrected chi connectivity index (χ2v) is 7.15. The summed E-state index contributed by atoms with van der Waals surface area (Å²) >= 11 is 0. The average molecular weight is 352 g/mol. The molecule has 0 bridgehead atoms. The van der Waals surface area contributed by atoms with Crippen LogP contribution in [0, 0.1) is 11.8 Å². The number of carbonyl (C=O) groups excluding carboxylic acids is 2. The van der Waals surface area contributed by atoms with Gasteiger partial charge in [0.05, 0.1) is 0 Å². The van der Waals surface area contributed by atoms with Gasteiger partial charge in [0.15, 0.2) is 0 Å². The quantitative estimate of drug-likeness (QED) is 0.733. The summed E-state index contributed by atoms with van der Waals surface area (Å²) in [6.45, 7) is 3.61. The number of amides is 2. The highest BCUT2D eigenvalue weighted by Gasteiger charge is 2.68. The molecule has 0 aromatic heterocycles. The molecule has 2 aliphatic rings. The molecule has 4 nitrogen and oxygen atoms in total. The van der Waals surface area contributed by atoms with Gasteiger partial charge in [-0.2, -0.15) is 17.6 Å². The van der Waals surface area contributed by atoms with Crippen molar-refractivity contribution in [3.05, 3.63) is 0 Å². The van der Waals surface area contributed by atoms with E-state index in [1.54, 1.807) is 13.8 Å². The van der Waals surface area contributed by atoms with Gasteiger partial charge < -0.3 is 9.80 Å². The average Bonchev–Trinajstić information content (AvgIpc) is 2.53. The highest BCUT2D eigenvalue weighted by Crippen LogP contribution is 2.39. The van der Waals surface area contributed by atoms with Gasteiger partial charge in [-0.05, 0) is 37.5 Å². The minimum absolute atomic E-state index is 0.0133. The number of piperidine rings is 2. The summed E-state index contributed by atoms with van der Waals surface area (Å²) in [5.74, 6) is -14.0. The summed E-state index contributed by atoms with van der Waals surface area (Å²) in [6.07, 6.45) is 2.50. The maximum Gasteiger partial charge on any atom is 0.395 e. The highest BCUT2D eigenvalue weighted by atomic mass is 19.3. The molecule has 2 atom stereocenters. The Labute approximate surface area is 139 Å². The van der Waals surface area contributed by atoms with Crippen LogP contribution in [0.2, 0.25) is 0 Å². The van der Waals surface area contributed by atoms with Gasteiger partial charge in [-0.3, -0.25) is 9.59 Å². The standard InChI is InChI=1S/C16H24F4N2O2/c1-11-5-3-7-21(9-11)13(23)15(17,18)16(19,20)14(24)22-8-4-6-12(2)10-22/h11-12H,3-10H2,1-2H3/t11-,12-/m0/s1. The zero-order chi connectivity index (χ0) is 18.1. The molecular weight excluding hydrogens is 328 g/mol. The van der Waals surface area contributed by atoms with Gasteiger partial charge >= 0.3 is 11.8 Å². The Balaban J connectivity index is 2.15. The largest absolute Gasteiger partial charge is 0.395 e. The molecule has 0 aromatic rings. The van der Waals surface area contributed by atoms with E-state index in [4.69, 9.17) is 0 Å². The van der Waals surface area contributed by atoms with E-state index in [2.05, 4.69) is 0 Å². The molecule has 2 heterocycles. The number of rotatable bonds is 3. The van der Waals surface area contributed by atoms with Crippen LogP contribution in [0.4, 0.5) is 17.6 Å². The number of alkyl halides is 4. The van der Waals surface area contributed by atoms with Gasteiger partial charge in [0, 0.05) is 26.2 Å². The summed E-state index contributed by atoms with van der Waals surface area (Å²) in [7, 11) is 0. The molecule has 0 aromatic carbocycles. The molecule has 24 heavy (non-hydrogen) atoms. The molecule has 2 saturated heterocycles. The van der Waals surface area contributed by atoms with Crippen LogP contribution >= 0.6 is 0 Å². The fourth-order valence-corrected chi connectivity index (χ4v) is 3.41. The molecule has 138 valence electrons. The maximum atomic E-state index is 14.2.